The molecule has 138 valence electrons. The van der Waals surface area contributed by atoms with E-state index in [2.05, 4.69) is 11.1 Å². The van der Waals surface area contributed by atoms with Crippen LogP contribution in [0.15, 0.2) is 10.9 Å². The summed E-state index contributed by atoms with van der Waals surface area (Å²) in [7, 11) is 0. The predicted molar refractivity (Wildman–Crippen MR) is 96.9 cm³/mol. The van der Waals surface area contributed by atoms with Crippen LogP contribution < -0.4 is 5.56 Å². The molecule has 1 aliphatic heterocycles. The van der Waals surface area contributed by atoms with Gasteiger partial charge in [-0.25, -0.2) is 0 Å². The Bertz CT molecular complexity index is 873. The van der Waals surface area contributed by atoms with Gasteiger partial charge in [-0.15, -0.1) is 0 Å². The molecule has 0 spiro atoms. The number of piperidine rings is 1. The molecule has 1 saturated heterocycles. The third-order valence-corrected chi connectivity index (χ3v) is 5.60. The second kappa shape index (κ2) is 6.08. The Morgan fingerprint density at radius 3 is 2.62 bits per heavy atom. The number of ketones is 1. The van der Waals surface area contributed by atoms with Gasteiger partial charge >= 0.3 is 0 Å². The fraction of sp³-hybridized carbons (Fsp3) is 0.600. The van der Waals surface area contributed by atoms with Gasteiger partial charge in [0.25, 0.3) is 11.5 Å². The largest absolute Gasteiger partial charge is 0.325 e. The van der Waals surface area contributed by atoms with E-state index >= 15 is 0 Å². The van der Waals surface area contributed by atoms with E-state index in [-0.39, 0.29) is 22.2 Å². The number of rotatable bonds is 1. The molecule has 1 atom stereocenters. The van der Waals surface area contributed by atoms with E-state index in [0.29, 0.717) is 30.6 Å². The number of nitrogens with one attached hydrogen (secondary N) is 1. The summed E-state index contributed by atoms with van der Waals surface area (Å²) in [6.45, 7) is 8.33. The highest BCUT2D eigenvalue weighted by Gasteiger charge is 2.41. The summed E-state index contributed by atoms with van der Waals surface area (Å²) in [6, 6.07) is 3.07. The number of carbonyl (C=O) groups excluding carboxylic acids is 2. The first-order valence-corrected chi connectivity index (χ1v) is 9.06. The van der Waals surface area contributed by atoms with Gasteiger partial charge in [0.05, 0.1) is 6.07 Å². The van der Waals surface area contributed by atoms with E-state index in [9.17, 15) is 19.6 Å². The lowest BCUT2D eigenvalue weighted by molar-refractivity contribution is 0.0436. The van der Waals surface area contributed by atoms with Gasteiger partial charge in [0.2, 0.25) is 0 Å². The van der Waals surface area contributed by atoms with Gasteiger partial charge < -0.3 is 9.88 Å². The van der Waals surface area contributed by atoms with Gasteiger partial charge in [0, 0.05) is 24.2 Å². The first kappa shape index (κ1) is 18.4. The minimum atomic E-state index is -0.589. The summed E-state index contributed by atoms with van der Waals surface area (Å²) in [6.07, 6.45) is 2.61. The number of H-pyrrole nitrogens is 1. The van der Waals surface area contributed by atoms with E-state index in [1.165, 1.54) is 11.0 Å². The summed E-state index contributed by atoms with van der Waals surface area (Å²) in [5, 5.41) is 9.57. The highest BCUT2D eigenvalue weighted by molar-refractivity contribution is 6.02. The molecule has 1 fully saturated rings. The van der Waals surface area contributed by atoms with Gasteiger partial charge in [-0.3, -0.25) is 14.4 Å². The van der Waals surface area contributed by atoms with E-state index in [1.807, 2.05) is 27.7 Å². The molecule has 0 saturated carbocycles. The topological polar surface area (TPSA) is 94.0 Å². The molecule has 1 aromatic heterocycles. The molecule has 0 radical (unpaired) electrons. The van der Waals surface area contributed by atoms with Crippen molar-refractivity contribution < 1.29 is 9.59 Å². The van der Waals surface area contributed by atoms with Gasteiger partial charge in [0.15, 0.2) is 5.78 Å². The second-order valence-corrected chi connectivity index (χ2v) is 8.97. The molecule has 1 aliphatic carbocycles. The predicted octanol–water partition coefficient (Wildman–Crippen LogP) is 2.68. The van der Waals surface area contributed by atoms with Crippen molar-refractivity contribution in [2.24, 2.45) is 10.8 Å². The van der Waals surface area contributed by atoms with Crippen LogP contribution >= 0.6 is 0 Å². The Balaban J connectivity index is 2.02. The normalized spacial score (nSPS) is 23.9. The molecule has 3 rings (SSSR count). The van der Waals surface area contributed by atoms with Crippen molar-refractivity contribution in [2.45, 2.75) is 59.4 Å². The Morgan fingerprint density at radius 2 is 1.96 bits per heavy atom. The maximum atomic E-state index is 13.0. The van der Waals surface area contributed by atoms with Crippen molar-refractivity contribution in [1.29, 1.82) is 5.26 Å². The van der Waals surface area contributed by atoms with Crippen LogP contribution in [0.25, 0.3) is 0 Å². The third-order valence-electron chi connectivity index (χ3n) is 5.60. The lowest BCUT2D eigenvalue weighted by Gasteiger charge is -2.42. The smallest absolute Gasteiger partial charge is 0.261 e. The number of nitrogens with zero attached hydrogens (tertiary/aromatic N) is 2. The first-order chi connectivity index (χ1) is 12.1. The number of carbonyl (C=O) groups is 2. The number of aromatic amines is 1. The molecular formula is C20H25N3O3. The quantitative estimate of drug-likeness (QED) is 0.838. The van der Waals surface area contributed by atoms with Gasteiger partial charge in [-0.1, -0.05) is 27.7 Å². The van der Waals surface area contributed by atoms with Crippen molar-refractivity contribution in [2.75, 3.05) is 6.54 Å². The second-order valence-electron chi connectivity index (χ2n) is 8.97. The minimum absolute atomic E-state index is 0.0465. The number of aromatic nitrogens is 1. The molecule has 26 heavy (non-hydrogen) atoms. The van der Waals surface area contributed by atoms with E-state index in [4.69, 9.17) is 0 Å². The monoisotopic (exact) mass is 355 g/mol. The lowest BCUT2D eigenvalue weighted by atomic mass is 9.75. The third kappa shape index (κ3) is 3.07. The van der Waals surface area contributed by atoms with Crippen molar-refractivity contribution >= 4 is 11.7 Å². The highest BCUT2D eigenvalue weighted by atomic mass is 16.2. The Kier molecular flexibility index (Phi) is 4.30. The molecule has 1 aromatic rings. The molecule has 1 amide bonds. The summed E-state index contributed by atoms with van der Waals surface area (Å²) in [5.74, 6) is -0.525. The molecule has 6 nitrogen and oxygen atoms in total. The number of Topliss-reactive ketones (excluding diaryl/α,β-unsaturated/α-hetero) is 1. The average molecular weight is 355 g/mol. The van der Waals surface area contributed by atoms with Crippen LogP contribution in [-0.4, -0.2) is 34.2 Å². The van der Waals surface area contributed by atoms with Crippen molar-refractivity contribution in [1.82, 2.24) is 9.88 Å². The Labute approximate surface area is 153 Å². The number of fused-ring (bicyclic) bond motifs is 1. The van der Waals surface area contributed by atoms with Crippen LogP contribution in [0.4, 0.5) is 0 Å². The maximum Gasteiger partial charge on any atom is 0.261 e. The zero-order chi connectivity index (χ0) is 19.3. The van der Waals surface area contributed by atoms with Crippen molar-refractivity contribution in [3.63, 3.8) is 0 Å². The summed E-state index contributed by atoms with van der Waals surface area (Å²) in [5.41, 5.74) is -0.0418. The summed E-state index contributed by atoms with van der Waals surface area (Å²) >= 11 is 0. The van der Waals surface area contributed by atoms with Gasteiger partial charge in [-0.05, 0) is 36.2 Å². The minimum Gasteiger partial charge on any atom is -0.325 e. The molecule has 0 bridgehead atoms. The van der Waals surface area contributed by atoms with Crippen LogP contribution in [0.1, 0.15) is 73.4 Å². The highest BCUT2D eigenvalue weighted by Crippen LogP contribution is 2.36. The molecule has 2 heterocycles. The molecule has 0 aromatic carbocycles. The summed E-state index contributed by atoms with van der Waals surface area (Å²) < 4.78 is 0. The number of likely N-dealkylation sites (tertiary alicyclic amines) is 1. The fourth-order valence-electron chi connectivity index (χ4n) is 4.20. The van der Waals surface area contributed by atoms with E-state index in [0.717, 1.165) is 12.8 Å². The SMILES string of the molecule is CC1(C)CC(=O)c2cc(C(=O)N3CCCC(C)(C)C3C#N)c(=O)[nH]c2C1. The number of pyridine rings is 1. The van der Waals surface area contributed by atoms with Crippen LogP contribution in [0.2, 0.25) is 0 Å². The maximum absolute atomic E-state index is 13.0. The van der Waals surface area contributed by atoms with Gasteiger partial charge in [-0.2, -0.15) is 5.26 Å². The fourth-order valence-corrected chi connectivity index (χ4v) is 4.20. The van der Waals surface area contributed by atoms with Gasteiger partial charge in [0.1, 0.15) is 11.6 Å². The standard InChI is InChI=1S/C20H25N3O3/c1-19(2)9-14-12(15(24)10-19)8-13(17(25)22-14)18(26)23-7-5-6-20(3,4)16(23)11-21/h8,16H,5-7,9-10H2,1-4H3,(H,22,25). The molecule has 1 unspecified atom stereocenters. The number of hydrogen-bond acceptors (Lipinski definition) is 4. The first-order valence-electron chi connectivity index (χ1n) is 9.06. The molecule has 1 N–H and O–H groups in total. The lowest BCUT2D eigenvalue weighted by Crippen LogP contribution is -2.52. The average Bonchev–Trinajstić information content (AvgIpc) is 2.51. The van der Waals surface area contributed by atoms with Crippen LogP contribution in [0.3, 0.4) is 0 Å². The zero-order valence-corrected chi connectivity index (χ0v) is 15.8. The van der Waals surface area contributed by atoms with Crippen LogP contribution in [0, 0.1) is 22.2 Å². The summed E-state index contributed by atoms with van der Waals surface area (Å²) in [4.78, 5) is 42.3. The van der Waals surface area contributed by atoms with E-state index < -0.39 is 17.5 Å². The Morgan fingerprint density at radius 1 is 1.27 bits per heavy atom. The number of nitriles is 1. The van der Waals surface area contributed by atoms with E-state index in [1.54, 1.807) is 0 Å². The molecular weight excluding hydrogens is 330 g/mol. The number of hydrogen-bond donors (Lipinski definition) is 1. The van der Waals surface area contributed by atoms with Crippen molar-refractivity contribution in [3.8, 4) is 6.07 Å². The van der Waals surface area contributed by atoms with Crippen LogP contribution in [0.5, 0.6) is 0 Å². The Hall–Kier alpha value is -2.42. The van der Waals surface area contributed by atoms with Crippen LogP contribution in [-0.2, 0) is 6.42 Å². The molecule has 2 aliphatic rings. The van der Waals surface area contributed by atoms with Crippen molar-refractivity contribution in [3.05, 3.63) is 33.2 Å². The molecule has 6 heteroatoms. The zero-order valence-electron chi connectivity index (χ0n) is 15.8. The number of amides is 1.